The Labute approximate surface area is 91.6 Å². The van der Waals surface area contributed by atoms with Gasteiger partial charge in [-0.25, -0.2) is 0 Å². The van der Waals surface area contributed by atoms with E-state index in [1.165, 1.54) is 30.5 Å². The van der Waals surface area contributed by atoms with Crippen molar-refractivity contribution in [3.8, 4) is 0 Å². The molecule has 1 N–H and O–H groups in total. The minimum absolute atomic E-state index is 0. The summed E-state index contributed by atoms with van der Waals surface area (Å²) in [6, 6.07) is 10.5. The summed E-state index contributed by atoms with van der Waals surface area (Å²) in [5.41, 5.74) is 2.68. The Kier molecular flexibility index (Phi) is 4.54. The first-order chi connectivity index (χ1) is 6.45. The van der Waals surface area contributed by atoms with Crippen LogP contribution in [0, 0.1) is 0 Å². The van der Waals surface area contributed by atoms with Crippen molar-refractivity contribution in [2.45, 2.75) is 19.3 Å². The number of piperidine rings is 1. The highest BCUT2D eigenvalue weighted by atomic mass is 35.5. The largest absolute Gasteiger partial charge is 0.388 e. The van der Waals surface area contributed by atoms with Crippen molar-refractivity contribution in [1.82, 2.24) is 5.32 Å². The molecule has 0 aromatic heterocycles. The highest BCUT2D eigenvalue weighted by Gasteiger charge is 2.02. The fourth-order valence-corrected chi connectivity index (χ4v) is 1.65. The fraction of sp³-hybridized carbons (Fsp3) is 0.333. The number of benzene rings is 1. The molecule has 0 unspecified atom stereocenters. The van der Waals surface area contributed by atoms with Crippen molar-refractivity contribution in [3.63, 3.8) is 0 Å². The van der Waals surface area contributed by atoms with E-state index in [2.05, 4.69) is 41.7 Å². The van der Waals surface area contributed by atoms with Crippen LogP contribution >= 0.6 is 12.4 Å². The molecule has 2 heteroatoms. The van der Waals surface area contributed by atoms with Crippen LogP contribution in [-0.2, 0) is 0 Å². The molecule has 14 heavy (non-hydrogen) atoms. The van der Waals surface area contributed by atoms with Gasteiger partial charge in [0.05, 0.1) is 0 Å². The first kappa shape index (κ1) is 11.1. The predicted molar refractivity (Wildman–Crippen MR) is 63.5 cm³/mol. The van der Waals surface area contributed by atoms with Crippen molar-refractivity contribution < 1.29 is 0 Å². The molecule has 0 radical (unpaired) electrons. The Hall–Kier alpha value is -0.950. The lowest BCUT2D eigenvalue weighted by molar-refractivity contribution is 0.592. The summed E-state index contributed by atoms with van der Waals surface area (Å²) in [7, 11) is 0. The summed E-state index contributed by atoms with van der Waals surface area (Å²) in [6.45, 7) is 1.14. The van der Waals surface area contributed by atoms with Crippen LogP contribution in [0.15, 0.2) is 36.0 Å². The molecule has 1 fully saturated rings. The van der Waals surface area contributed by atoms with Crippen LogP contribution in [0.2, 0.25) is 0 Å². The third-order valence-electron chi connectivity index (χ3n) is 2.37. The zero-order valence-electron chi connectivity index (χ0n) is 8.20. The predicted octanol–water partition coefficient (Wildman–Crippen LogP) is 3.22. The van der Waals surface area contributed by atoms with Gasteiger partial charge in [0.15, 0.2) is 0 Å². The molecule has 0 bridgehead atoms. The number of nitrogens with one attached hydrogen (secondary N) is 1. The van der Waals surface area contributed by atoms with Crippen LogP contribution in [0.4, 0.5) is 0 Å². The SMILES string of the molecule is C(=C1\CCCCN1)/c1ccccc1.Cl. The Bertz CT molecular complexity index is 284. The molecule has 1 aliphatic rings. The zero-order valence-corrected chi connectivity index (χ0v) is 9.02. The molecule has 1 aliphatic heterocycles. The molecule has 0 amide bonds. The highest BCUT2D eigenvalue weighted by Crippen LogP contribution is 2.13. The van der Waals surface area contributed by atoms with Gasteiger partial charge in [0, 0.05) is 12.2 Å². The normalized spacial score (nSPS) is 18.4. The molecular weight excluding hydrogens is 194 g/mol. The fourth-order valence-electron chi connectivity index (χ4n) is 1.65. The van der Waals surface area contributed by atoms with E-state index in [0.29, 0.717) is 0 Å². The molecule has 76 valence electrons. The standard InChI is InChI=1S/C12H15N.ClH/c1-2-6-11(7-3-1)10-12-8-4-5-9-13-12;/h1-3,6-7,10,13H,4-5,8-9H2;1H/b12-10-;. The van der Waals surface area contributed by atoms with E-state index < -0.39 is 0 Å². The summed E-state index contributed by atoms with van der Waals surface area (Å²) in [6.07, 6.45) is 6.09. The van der Waals surface area contributed by atoms with Gasteiger partial charge >= 0.3 is 0 Å². The van der Waals surface area contributed by atoms with Crippen LogP contribution < -0.4 is 5.32 Å². The number of rotatable bonds is 1. The van der Waals surface area contributed by atoms with Crippen molar-refractivity contribution >= 4 is 18.5 Å². The first-order valence-corrected chi connectivity index (χ1v) is 4.95. The molecule has 0 aliphatic carbocycles. The zero-order chi connectivity index (χ0) is 8.93. The van der Waals surface area contributed by atoms with Crippen LogP contribution in [0.3, 0.4) is 0 Å². The smallest absolute Gasteiger partial charge is 0.0144 e. The Morgan fingerprint density at radius 1 is 1.07 bits per heavy atom. The van der Waals surface area contributed by atoms with E-state index in [1.54, 1.807) is 0 Å². The first-order valence-electron chi connectivity index (χ1n) is 4.95. The average molecular weight is 210 g/mol. The number of hydrogen-bond acceptors (Lipinski definition) is 1. The number of hydrogen-bond donors (Lipinski definition) is 1. The van der Waals surface area contributed by atoms with Gasteiger partial charge in [0.25, 0.3) is 0 Å². The van der Waals surface area contributed by atoms with Crippen LogP contribution in [0.1, 0.15) is 24.8 Å². The summed E-state index contributed by atoms with van der Waals surface area (Å²) in [5, 5.41) is 3.43. The Balaban J connectivity index is 0.000000980. The minimum Gasteiger partial charge on any atom is -0.388 e. The summed E-state index contributed by atoms with van der Waals surface area (Å²) in [4.78, 5) is 0. The highest BCUT2D eigenvalue weighted by molar-refractivity contribution is 5.85. The maximum atomic E-state index is 3.43. The monoisotopic (exact) mass is 209 g/mol. The van der Waals surface area contributed by atoms with Crippen LogP contribution in [-0.4, -0.2) is 6.54 Å². The van der Waals surface area contributed by atoms with Gasteiger partial charge in [0.1, 0.15) is 0 Å². The van der Waals surface area contributed by atoms with Crippen molar-refractivity contribution in [2.24, 2.45) is 0 Å². The molecule has 1 nitrogen and oxygen atoms in total. The van der Waals surface area contributed by atoms with E-state index in [-0.39, 0.29) is 12.4 Å². The second-order valence-electron chi connectivity index (χ2n) is 3.46. The minimum atomic E-state index is 0. The summed E-state index contributed by atoms with van der Waals surface area (Å²) >= 11 is 0. The lowest BCUT2D eigenvalue weighted by atomic mass is 10.1. The van der Waals surface area contributed by atoms with Crippen LogP contribution in [0.5, 0.6) is 0 Å². The second-order valence-corrected chi connectivity index (χ2v) is 3.46. The molecule has 1 aromatic carbocycles. The molecule has 1 aromatic rings. The molecule has 0 saturated carbocycles. The maximum absolute atomic E-state index is 3.43. The van der Waals surface area contributed by atoms with Gasteiger partial charge in [-0.3, -0.25) is 0 Å². The van der Waals surface area contributed by atoms with E-state index in [1.807, 2.05) is 0 Å². The van der Waals surface area contributed by atoms with Crippen molar-refractivity contribution in [3.05, 3.63) is 41.6 Å². The Morgan fingerprint density at radius 2 is 1.86 bits per heavy atom. The maximum Gasteiger partial charge on any atom is 0.0144 e. The van der Waals surface area contributed by atoms with Crippen molar-refractivity contribution in [1.29, 1.82) is 0 Å². The van der Waals surface area contributed by atoms with Crippen molar-refractivity contribution in [2.75, 3.05) is 6.54 Å². The second kappa shape index (κ2) is 5.71. The van der Waals surface area contributed by atoms with Crippen LogP contribution in [0.25, 0.3) is 6.08 Å². The quantitative estimate of drug-likeness (QED) is 0.749. The van der Waals surface area contributed by atoms with E-state index in [4.69, 9.17) is 0 Å². The van der Waals surface area contributed by atoms with E-state index >= 15 is 0 Å². The summed E-state index contributed by atoms with van der Waals surface area (Å²) < 4.78 is 0. The average Bonchev–Trinajstić information content (AvgIpc) is 2.21. The lowest BCUT2D eigenvalue weighted by Crippen LogP contribution is -2.19. The molecular formula is C12H16ClN. The molecule has 0 atom stereocenters. The summed E-state index contributed by atoms with van der Waals surface area (Å²) in [5.74, 6) is 0. The van der Waals surface area contributed by atoms with E-state index in [9.17, 15) is 0 Å². The van der Waals surface area contributed by atoms with E-state index in [0.717, 1.165) is 6.54 Å². The van der Waals surface area contributed by atoms with Gasteiger partial charge in [-0.05, 0) is 30.9 Å². The topological polar surface area (TPSA) is 12.0 Å². The number of allylic oxidation sites excluding steroid dienone is 1. The lowest BCUT2D eigenvalue weighted by Gasteiger charge is -2.16. The molecule has 2 rings (SSSR count). The molecule has 0 spiro atoms. The Morgan fingerprint density at radius 3 is 2.50 bits per heavy atom. The third-order valence-corrected chi connectivity index (χ3v) is 2.37. The van der Waals surface area contributed by atoms with Gasteiger partial charge in [-0.1, -0.05) is 30.3 Å². The van der Waals surface area contributed by atoms with Gasteiger partial charge in [-0.2, -0.15) is 0 Å². The van der Waals surface area contributed by atoms with Gasteiger partial charge in [-0.15, -0.1) is 12.4 Å². The van der Waals surface area contributed by atoms with Gasteiger partial charge < -0.3 is 5.32 Å². The molecule has 1 heterocycles. The van der Waals surface area contributed by atoms with Gasteiger partial charge in [0.2, 0.25) is 0 Å². The third kappa shape index (κ3) is 3.08. The number of halogens is 1. The molecule has 1 saturated heterocycles.